The van der Waals surface area contributed by atoms with Gasteiger partial charge in [-0.1, -0.05) is 17.3 Å². The molecule has 1 N–H and O–H groups in total. The van der Waals surface area contributed by atoms with E-state index in [1.165, 1.54) is 12.3 Å². The van der Waals surface area contributed by atoms with Crippen LogP contribution < -0.4 is 5.32 Å². The van der Waals surface area contributed by atoms with Gasteiger partial charge in [0.25, 0.3) is 0 Å². The summed E-state index contributed by atoms with van der Waals surface area (Å²) < 4.78 is 5.14. The predicted molar refractivity (Wildman–Crippen MR) is 68.2 cm³/mol. The molecule has 0 fully saturated rings. The Morgan fingerprint density at radius 3 is 2.95 bits per heavy atom. The number of pyridine rings is 1. The lowest BCUT2D eigenvalue weighted by Crippen LogP contribution is -1.95. The van der Waals surface area contributed by atoms with E-state index in [1.807, 2.05) is 18.2 Å². The van der Waals surface area contributed by atoms with Gasteiger partial charge in [-0.25, -0.2) is 0 Å². The minimum atomic E-state index is -0.550. The van der Waals surface area contributed by atoms with Gasteiger partial charge in [-0.3, -0.25) is 0 Å². The second-order valence-corrected chi connectivity index (χ2v) is 3.81. The number of nitrogens with zero attached hydrogens (tertiary/aromatic N) is 3. The highest BCUT2D eigenvalue weighted by Gasteiger charge is 2.11. The zero-order valence-corrected chi connectivity index (χ0v) is 9.61. The first-order chi connectivity index (χ1) is 9.24. The van der Waals surface area contributed by atoms with E-state index < -0.39 is 4.92 Å². The fraction of sp³-hybridized carbons (Fsp3) is 0. The lowest BCUT2D eigenvalue weighted by molar-refractivity contribution is -0.389. The van der Waals surface area contributed by atoms with Crippen LogP contribution in [0.1, 0.15) is 0 Å². The Labute approximate surface area is 107 Å². The largest absolute Gasteiger partial charge is 0.365 e. The predicted octanol–water partition coefficient (Wildman–Crippen LogP) is 2.87. The van der Waals surface area contributed by atoms with Crippen LogP contribution in [0, 0.1) is 10.1 Å². The lowest BCUT2D eigenvalue weighted by atomic mass is 10.2. The number of para-hydroxylation sites is 1. The number of hydrogen-bond donors (Lipinski definition) is 1. The second-order valence-electron chi connectivity index (χ2n) is 3.81. The molecule has 7 nitrogen and oxygen atoms in total. The minimum Gasteiger partial charge on any atom is -0.358 e. The lowest BCUT2D eigenvalue weighted by Gasteiger charge is -2.01. The summed E-state index contributed by atoms with van der Waals surface area (Å²) in [6, 6.07) is 10.3. The maximum Gasteiger partial charge on any atom is 0.365 e. The van der Waals surface area contributed by atoms with Crippen LogP contribution in [-0.2, 0) is 0 Å². The van der Waals surface area contributed by atoms with Crippen LogP contribution in [0.4, 0.5) is 17.3 Å². The van der Waals surface area contributed by atoms with Gasteiger partial charge in [0, 0.05) is 6.07 Å². The smallest absolute Gasteiger partial charge is 0.358 e. The van der Waals surface area contributed by atoms with Gasteiger partial charge in [0.1, 0.15) is 6.20 Å². The molecule has 2 aromatic heterocycles. The van der Waals surface area contributed by atoms with Crippen molar-refractivity contribution >= 4 is 28.3 Å². The van der Waals surface area contributed by atoms with Crippen LogP contribution in [-0.4, -0.2) is 15.1 Å². The fourth-order valence-electron chi connectivity index (χ4n) is 1.71. The number of anilines is 2. The average molecular weight is 256 g/mol. The molecule has 0 saturated heterocycles. The molecule has 19 heavy (non-hydrogen) atoms. The minimum absolute atomic E-state index is 0.224. The SMILES string of the molecule is O=[N+]([O-])c1cc(Nc2noc3ccccc23)ccn1. The van der Waals surface area contributed by atoms with Crippen molar-refractivity contribution in [1.29, 1.82) is 0 Å². The molecule has 94 valence electrons. The van der Waals surface area contributed by atoms with E-state index >= 15 is 0 Å². The summed E-state index contributed by atoms with van der Waals surface area (Å²) in [4.78, 5) is 13.7. The van der Waals surface area contributed by atoms with Gasteiger partial charge >= 0.3 is 5.82 Å². The number of hydrogen-bond acceptors (Lipinski definition) is 6. The molecule has 0 atom stereocenters. The molecule has 2 heterocycles. The zero-order valence-electron chi connectivity index (χ0n) is 9.61. The molecule has 0 bridgehead atoms. The van der Waals surface area contributed by atoms with E-state index in [0.29, 0.717) is 17.1 Å². The highest BCUT2D eigenvalue weighted by atomic mass is 16.6. The number of nitrogens with one attached hydrogen (secondary N) is 1. The van der Waals surface area contributed by atoms with Crippen molar-refractivity contribution < 1.29 is 9.45 Å². The maximum absolute atomic E-state index is 10.6. The number of benzene rings is 1. The third-order valence-corrected chi connectivity index (χ3v) is 2.57. The van der Waals surface area contributed by atoms with E-state index in [0.717, 1.165) is 5.39 Å². The molecule has 3 aromatic rings. The van der Waals surface area contributed by atoms with E-state index in [-0.39, 0.29) is 5.82 Å². The Kier molecular flexibility index (Phi) is 2.57. The van der Waals surface area contributed by atoms with Gasteiger partial charge in [-0.2, -0.15) is 0 Å². The molecule has 0 aliphatic carbocycles. The van der Waals surface area contributed by atoms with Crippen molar-refractivity contribution in [1.82, 2.24) is 10.1 Å². The van der Waals surface area contributed by atoms with Crippen LogP contribution in [0.3, 0.4) is 0 Å². The summed E-state index contributed by atoms with van der Waals surface area (Å²) in [5.41, 5.74) is 1.18. The molecular formula is C12H8N4O3. The highest BCUT2D eigenvalue weighted by molar-refractivity contribution is 5.89. The molecule has 0 radical (unpaired) electrons. The first-order valence-corrected chi connectivity index (χ1v) is 5.46. The Morgan fingerprint density at radius 1 is 1.26 bits per heavy atom. The van der Waals surface area contributed by atoms with Gasteiger partial charge in [0.15, 0.2) is 11.4 Å². The van der Waals surface area contributed by atoms with Crippen molar-refractivity contribution in [2.75, 3.05) is 5.32 Å². The Balaban J connectivity index is 1.97. The third kappa shape index (κ3) is 2.08. The molecule has 7 heteroatoms. The Hall–Kier alpha value is -2.96. The van der Waals surface area contributed by atoms with E-state index in [1.54, 1.807) is 12.1 Å². The van der Waals surface area contributed by atoms with Gasteiger partial charge < -0.3 is 20.0 Å². The van der Waals surface area contributed by atoms with Crippen molar-refractivity contribution in [3.63, 3.8) is 0 Å². The molecule has 0 spiro atoms. The molecule has 1 aromatic carbocycles. The van der Waals surface area contributed by atoms with E-state index in [2.05, 4.69) is 15.5 Å². The van der Waals surface area contributed by atoms with Crippen molar-refractivity contribution in [2.24, 2.45) is 0 Å². The maximum atomic E-state index is 10.6. The molecule has 0 amide bonds. The first kappa shape index (κ1) is 11.1. The third-order valence-electron chi connectivity index (χ3n) is 2.57. The number of nitro groups is 1. The highest BCUT2D eigenvalue weighted by Crippen LogP contribution is 2.26. The first-order valence-electron chi connectivity index (χ1n) is 5.46. The van der Waals surface area contributed by atoms with Crippen molar-refractivity contribution in [3.05, 3.63) is 52.7 Å². The molecular weight excluding hydrogens is 248 g/mol. The monoisotopic (exact) mass is 256 g/mol. The topological polar surface area (TPSA) is 94.1 Å². The number of fused-ring (bicyclic) bond motifs is 1. The summed E-state index contributed by atoms with van der Waals surface area (Å²) in [6.07, 6.45) is 1.36. The standard InChI is InChI=1S/C12H8N4O3/c17-16(18)11-7-8(5-6-13-11)14-12-9-3-1-2-4-10(9)19-15-12/h1-7H,(H,13,14,15). The fourth-order valence-corrected chi connectivity index (χ4v) is 1.71. The summed E-state index contributed by atoms with van der Waals surface area (Å²) in [6.45, 7) is 0. The normalized spacial score (nSPS) is 10.5. The van der Waals surface area contributed by atoms with Crippen LogP contribution in [0.5, 0.6) is 0 Å². The van der Waals surface area contributed by atoms with E-state index in [4.69, 9.17) is 4.52 Å². The summed E-state index contributed by atoms with van der Waals surface area (Å²) in [5, 5.41) is 18.3. The summed E-state index contributed by atoms with van der Waals surface area (Å²) in [5.74, 6) is 0.286. The number of rotatable bonds is 3. The van der Waals surface area contributed by atoms with Crippen LogP contribution in [0.2, 0.25) is 0 Å². The van der Waals surface area contributed by atoms with Crippen LogP contribution >= 0.6 is 0 Å². The second kappa shape index (κ2) is 4.37. The quantitative estimate of drug-likeness (QED) is 0.572. The summed E-state index contributed by atoms with van der Waals surface area (Å²) in [7, 11) is 0. The molecule has 3 rings (SSSR count). The van der Waals surface area contributed by atoms with Crippen LogP contribution in [0.15, 0.2) is 47.1 Å². The molecule has 0 aliphatic rings. The summed E-state index contributed by atoms with van der Waals surface area (Å²) >= 11 is 0. The Morgan fingerprint density at radius 2 is 2.11 bits per heavy atom. The zero-order chi connectivity index (χ0) is 13.2. The van der Waals surface area contributed by atoms with Gasteiger partial charge in [0.05, 0.1) is 17.1 Å². The molecule has 0 aliphatic heterocycles. The van der Waals surface area contributed by atoms with Crippen molar-refractivity contribution in [3.8, 4) is 0 Å². The average Bonchev–Trinajstić information content (AvgIpc) is 2.83. The van der Waals surface area contributed by atoms with Gasteiger partial charge in [-0.15, -0.1) is 0 Å². The van der Waals surface area contributed by atoms with E-state index in [9.17, 15) is 10.1 Å². The van der Waals surface area contributed by atoms with Crippen LogP contribution in [0.25, 0.3) is 11.0 Å². The molecule has 0 unspecified atom stereocenters. The Bertz CT molecular complexity index is 753. The van der Waals surface area contributed by atoms with Crippen molar-refractivity contribution in [2.45, 2.75) is 0 Å². The number of aromatic nitrogens is 2. The molecule has 0 saturated carbocycles. The van der Waals surface area contributed by atoms with Gasteiger partial charge in [0.2, 0.25) is 0 Å². The van der Waals surface area contributed by atoms with Gasteiger partial charge in [-0.05, 0) is 22.0 Å².